The Morgan fingerprint density at radius 2 is 1.97 bits per heavy atom. The smallest absolute Gasteiger partial charge is 0.279 e. The maximum absolute atomic E-state index is 12.7. The number of halogens is 1. The Balaban J connectivity index is 0.00000212. The number of aromatic nitrogens is 2. The molecule has 0 spiro atoms. The fourth-order valence-electron chi connectivity index (χ4n) is 2.40. The SMILES string of the molecule is C=C(F)C(=O)NCc1cnn(Cc2ccc(C(=NC)NOC)c(OC)c2)c1.CC.CO. The van der Waals surface area contributed by atoms with Gasteiger partial charge in [0.05, 0.1) is 32.5 Å². The summed E-state index contributed by atoms with van der Waals surface area (Å²) in [5, 5.41) is 13.7. The zero-order valence-electron chi connectivity index (χ0n) is 18.9. The zero-order chi connectivity index (χ0) is 23.8. The van der Waals surface area contributed by atoms with Gasteiger partial charge in [0.15, 0.2) is 11.7 Å². The van der Waals surface area contributed by atoms with Crippen molar-refractivity contribution >= 4 is 11.7 Å². The summed E-state index contributed by atoms with van der Waals surface area (Å²) in [6.07, 6.45) is 3.38. The Morgan fingerprint density at radius 1 is 1.29 bits per heavy atom. The number of hydroxylamine groups is 1. The number of ether oxygens (including phenoxy) is 1. The number of hydrogen-bond donors (Lipinski definition) is 3. The summed E-state index contributed by atoms with van der Waals surface area (Å²) in [6, 6.07) is 5.69. The van der Waals surface area contributed by atoms with Crippen molar-refractivity contribution < 1.29 is 23.9 Å². The summed E-state index contributed by atoms with van der Waals surface area (Å²) in [5.41, 5.74) is 5.18. The first-order valence-corrected chi connectivity index (χ1v) is 9.50. The molecule has 10 heteroatoms. The minimum Gasteiger partial charge on any atom is -0.496 e. The number of carbonyl (C=O) groups excluding carboxylic acids is 1. The highest BCUT2D eigenvalue weighted by Gasteiger charge is 2.11. The molecule has 0 radical (unpaired) electrons. The quantitative estimate of drug-likeness (QED) is 0.253. The second-order valence-corrected chi connectivity index (χ2v) is 5.55. The minimum atomic E-state index is -1.02. The standard InChI is InChI=1S/C18H22FN5O3.C2H6.CH4O/c1-12(19)18(25)21-8-14-9-22-24(11-14)10-13-5-6-15(16(7-13)26-3)17(20-2)23-27-4;2*1-2/h5-7,9,11H,1,8,10H2,2-4H3,(H,20,23)(H,21,25);1-2H3;2H,1H3. The van der Waals surface area contributed by atoms with E-state index in [1.807, 2.05) is 32.0 Å². The molecule has 9 nitrogen and oxygen atoms in total. The Labute approximate surface area is 182 Å². The number of aliphatic hydroxyl groups excluding tert-OH is 1. The number of amides is 1. The van der Waals surface area contributed by atoms with E-state index in [4.69, 9.17) is 14.7 Å². The number of hydrogen-bond acceptors (Lipinski definition) is 6. The van der Waals surface area contributed by atoms with E-state index >= 15 is 0 Å². The molecule has 172 valence electrons. The van der Waals surface area contributed by atoms with E-state index in [2.05, 4.69) is 27.5 Å². The van der Waals surface area contributed by atoms with Gasteiger partial charge in [0.2, 0.25) is 0 Å². The molecule has 0 fully saturated rings. The Kier molecular flexibility index (Phi) is 14.0. The van der Waals surface area contributed by atoms with Gasteiger partial charge in [0.1, 0.15) is 5.75 Å². The lowest BCUT2D eigenvalue weighted by Crippen LogP contribution is -2.23. The van der Waals surface area contributed by atoms with Crippen LogP contribution in [0, 0.1) is 0 Å². The molecule has 0 aliphatic rings. The fourth-order valence-corrected chi connectivity index (χ4v) is 2.40. The first-order valence-electron chi connectivity index (χ1n) is 9.50. The number of nitrogens with one attached hydrogen (secondary N) is 2. The highest BCUT2D eigenvalue weighted by molar-refractivity contribution is 6.00. The van der Waals surface area contributed by atoms with Gasteiger partial charge in [-0.2, -0.15) is 5.10 Å². The maximum Gasteiger partial charge on any atom is 0.279 e. The average Bonchev–Trinajstić information content (AvgIpc) is 3.25. The summed E-state index contributed by atoms with van der Waals surface area (Å²) in [6.45, 7) is 7.62. The predicted molar refractivity (Wildman–Crippen MR) is 119 cm³/mol. The Hall–Kier alpha value is -3.24. The van der Waals surface area contributed by atoms with E-state index in [1.165, 1.54) is 7.11 Å². The van der Waals surface area contributed by atoms with Gasteiger partial charge < -0.3 is 15.2 Å². The van der Waals surface area contributed by atoms with Crippen LogP contribution in [0.3, 0.4) is 0 Å². The molecule has 0 aliphatic heterocycles. The number of aliphatic imine (C=N–C) groups is 1. The number of rotatable bonds is 8. The predicted octanol–water partition coefficient (Wildman–Crippen LogP) is 2.20. The summed E-state index contributed by atoms with van der Waals surface area (Å²) in [7, 11) is 5.74. The highest BCUT2D eigenvalue weighted by Crippen LogP contribution is 2.21. The van der Waals surface area contributed by atoms with Crippen LogP contribution in [-0.2, 0) is 22.7 Å². The first kappa shape index (κ1) is 27.8. The molecule has 0 bridgehead atoms. The van der Waals surface area contributed by atoms with Crippen LogP contribution < -0.4 is 15.5 Å². The Morgan fingerprint density at radius 3 is 2.52 bits per heavy atom. The topological polar surface area (TPSA) is 110 Å². The third-order valence-corrected chi connectivity index (χ3v) is 3.67. The van der Waals surface area contributed by atoms with Crippen LogP contribution >= 0.6 is 0 Å². The summed E-state index contributed by atoms with van der Waals surface area (Å²) < 4.78 is 19.8. The molecule has 0 saturated carbocycles. The number of benzene rings is 1. The minimum absolute atomic E-state index is 0.170. The molecule has 31 heavy (non-hydrogen) atoms. The molecule has 0 aliphatic carbocycles. The molecule has 3 N–H and O–H groups in total. The number of nitrogens with zero attached hydrogens (tertiary/aromatic N) is 3. The van der Waals surface area contributed by atoms with Crippen LogP contribution in [-0.4, -0.2) is 55.0 Å². The second kappa shape index (κ2) is 15.6. The maximum atomic E-state index is 12.7. The molecule has 2 aromatic rings. The molecule has 0 saturated heterocycles. The average molecular weight is 438 g/mol. The highest BCUT2D eigenvalue weighted by atomic mass is 19.1. The molecular weight excluding hydrogens is 405 g/mol. The third-order valence-electron chi connectivity index (χ3n) is 3.67. The van der Waals surface area contributed by atoms with Crippen molar-refractivity contribution in [2.45, 2.75) is 26.9 Å². The van der Waals surface area contributed by atoms with E-state index in [1.54, 1.807) is 31.2 Å². The summed E-state index contributed by atoms with van der Waals surface area (Å²) >= 11 is 0. The lowest BCUT2D eigenvalue weighted by atomic mass is 10.1. The van der Waals surface area contributed by atoms with Crippen molar-refractivity contribution in [1.82, 2.24) is 20.6 Å². The van der Waals surface area contributed by atoms with Crippen LogP contribution in [0.1, 0.15) is 30.5 Å². The van der Waals surface area contributed by atoms with Gasteiger partial charge in [-0.1, -0.05) is 26.5 Å². The summed E-state index contributed by atoms with van der Waals surface area (Å²) in [4.78, 5) is 20.3. The van der Waals surface area contributed by atoms with Crippen molar-refractivity contribution in [2.75, 3.05) is 28.4 Å². The molecule has 1 aromatic heterocycles. The molecule has 0 unspecified atom stereocenters. The van der Waals surface area contributed by atoms with Gasteiger partial charge in [-0.15, -0.1) is 0 Å². The van der Waals surface area contributed by atoms with Crippen molar-refractivity contribution in [1.29, 1.82) is 0 Å². The van der Waals surface area contributed by atoms with Crippen LogP contribution in [0.5, 0.6) is 5.75 Å². The summed E-state index contributed by atoms with van der Waals surface area (Å²) in [5.74, 6) is -0.667. The van der Waals surface area contributed by atoms with E-state index in [-0.39, 0.29) is 6.54 Å². The molecule has 0 atom stereocenters. The Bertz CT molecular complexity index is 852. The molecule has 1 amide bonds. The van der Waals surface area contributed by atoms with Gasteiger partial charge in [-0.3, -0.25) is 19.3 Å². The van der Waals surface area contributed by atoms with Crippen LogP contribution in [0.2, 0.25) is 0 Å². The van der Waals surface area contributed by atoms with E-state index in [9.17, 15) is 9.18 Å². The van der Waals surface area contributed by atoms with Crippen molar-refractivity contribution in [3.63, 3.8) is 0 Å². The molecule has 1 heterocycles. The monoisotopic (exact) mass is 437 g/mol. The van der Waals surface area contributed by atoms with E-state index in [0.29, 0.717) is 18.1 Å². The number of methoxy groups -OCH3 is 1. The third kappa shape index (κ3) is 8.97. The zero-order valence-corrected chi connectivity index (χ0v) is 18.9. The molecule has 2 rings (SSSR count). The van der Waals surface area contributed by atoms with Gasteiger partial charge >= 0.3 is 0 Å². The van der Waals surface area contributed by atoms with Gasteiger partial charge in [-0.25, -0.2) is 9.87 Å². The number of amidine groups is 1. The van der Waals surface area contributed by atoms with Crippen LogP contribution in [0.15, 0.2) is 48.0 Å². The van der Waals surface area contributed by atoms with Crippen molar-refractivity contribution in [2.24, 2.45) is 4.99 Å². The van der Waals surface area contributed by atoms with Gasteiger partial charge in [0.25, 0.3) is 5.91 Å². The van der Waals surface area contributed by atoms with Gasteiger partial charge in [-0.05, 0) is 17.7 Å². The number of aliphatic hydroxyl groups is 1. The lowest BCUT2D eigenvalue weighted by Gasteiger charge is -2.13. The molecular formula is C21H32FN5O4. The second-order valence-electron chi connectivity index (χ2n) is 5.55. The largest absolute Gasteiger partial charge is 0.496 e. The first-order chi connectivity index (χ1) is 15.0. The lowest BCUT2D eigenvalue weighted by molar-refractivity contribution is -0.119. The van der Waals surface area contributed by atoms with Gasteiger partial charge in [0, 0.05) is 32.5 Å². The molecule has 1 aromatic carbocycles. The van der Waals surface area contributed by atoms with Crippen LogP contribution in [0.25, 0.3) is 0 Å². The normalized spacial score (nSPS) is 10.1. The van der Waals surface area contributed by atoms with Crippen molar-refractivity contribution in [3.8, 4) is 5.75 Å². The fraction of sp³-hybridized carbons (Fsp3) is 0.381. The van der Waals surface area contributed by atoms with E-state index in [0.717, 1.165) is 23.8 Å². The van der Waals surface area contributed by atoms with E-state index < -0.39 is 11.7 Å². The van der Waals surface area contributed by atoms with Crippen LogP contribution in [0.4, 0.5) is 4.39 Å². The van der Waals surface area contributed by atoms with Crippen molar-refractivity contribution in [3.05, 3.63) is 59.7 Å². The number of carbonyl (C=O) groups is 1.